The molecule has 1 amide bonds. The van der Waals surface area contributed by atoms with Gasteiger partial charge < -0.3 is 14.2 Å². The SMILES string of the molecule is CCSc1nnc2c(n1)OC(c1cc(OC)cc([N+](=O)[O-])c1OC(C)=O)N(C(C)=O)c1ccccc1-2. The lowest BCUT2D eigenvalue weighted by Gasteiger charge is -2.30. The van der Waals surface area contributed by atoms with Gasteiger partial charge in [-0.1, -0.05) is 36.9 Å². The molecular weight excluding hydrogens is 490 g/mol. The average molecular weight is 512 g/mol. The summed E-state index contributed by atoms with van der Waals surface area (Å²) in [5.41, 5.74) is 0.681. The molecule has 0 bridgehead atoms. The van der Waals surface area contributed by atoms with E-state index in [-0.39, 0.29) is 28.6 Å². The number of methoxy groups -OCH3 is 1. The van der Waals surface area contributed by atoms with Gasteiger partial charge in [0.15, 0.2) is 5.69 Å². The summed E-state index contributed by atoms with van der Waals surface area (Å²) in [6, 6.07) is 9.44. The third kappa shape index (κ3) is 4.64. The molecule has 0 N–H and O–H groups in total. The van der Waals surface area contributed by atoms with Gasteiger partial charge in [-0.2, -0.15) is 4.98 Å². The molecule has 12 nitrogen and oxygen atoms in total. The Bertz CT molecular complexity index is 1370. The van der Waals surface area contributed by atoms with Gasteiger partial charge in [0.05, 0.1) is 29.4 Å². The molecule has 1 unspecified atom stereocenters. The van der Waals surface area contributed by atoms with Crippen LogP contribution in [0.15, 0.2) is 41.6 Å². The highest BCUT2D eigenvalue weighted by Gasteiger charge is 2.39. The molecule has 4 rings (SSSR count). The van der Waals surface area contributed by atoms with Crippen molar-refractivity contribution in [1.82, 2.24) is 15.2 Å². The summed E-state index contributed by atoms with van der Waals surface area (Å²) < 4.78 is 16.8. The van der Waals surface area contributed by atoms with Crippen molar-refractivity contribution in [2.75, 3.05) is 17.8 Å². The molecule has 186 valence electrons. The number of hydrogen-bond donors (Lipinski definition) is 0. The number of fused-ring (bicyclic) bond motifs is 3. The third-order valence-electron chi connectivity index (χ3n) is 5.14. The summed E-state index contributed by atoms with van der Waals surface area (Å²) in [7, 11) is 1.33. The van der Waals surface area contributed by atoms with E-state index in [0.29, 0.717) is 22.2 Å². The van der Waals surface area contributed by atoms with Crippen molar-refractivity contribution >= 4 is 35.0 Å². The molecule has 2 aromatic carbocycles. The van der Waals surface area contributed by atoms with Gasteiger partial charge in [0.25, 0.3) is 0 Å². The van der Waals surface area contributed by atoms with Crippen LogP contribution in [0.4, 0.5) is 11.4 Å². The second-order valence-electron chi connectivity index (χ2n) is 7.47. The lowest BCUT2D eigenvalue weighted by molar-refractivity contribution is -0.385. The molecule has 13 heteroatoms. The summed E-state index contributed by atoms with van der Waals surface area (Å²) in [6.07, 6.45) is -1.33. The number of carbonyl (C=O) groups excluding carboxylic acids is 2. The molecule has 1 aliphatic rings. The minimum Gasteiger partial charge on any atom is -0.496 e. The van der Waals surface area contributed by atoms with Gasteiger partial charge >= 0.3 is 11.7 Å². The van der Waals surface area contributed by atoms with Crippen LogP contribution in [0.25, 0.3) is 11.3 Å². The highest BCUT2D eigenvalue weighted by molar-refractivity contribution is 7.99. The fraction of sp³-hybridized carbons (Fsp3) is 0.261. The topological polar surface area (TPSA) is 147 Å². The van der Waals surface area contributed by atoms with E-state index in [4.69, 9.17) is 14.2 Å². The van der Waals surface area contributed by atoms with Crippen LogP contribution in [0.2, 0.25) is 0 Å². The molecule has 0 saturated heterocycles. The van der Waals surface area contributed by atoms with Crippen molar-refractivity contribution in [3.05, 3.63) is 52.1 Å². The van der Waals surface area contributed by atoms with E-state index in [1.54, 1.807) is 24.3 Å². The van der Waals surface area contributed by atoms with Crippen LogP contribution in [0, 0.1) is 10.1 Å². The summed E-state index contributed by atoms with van der Waals surface area (Å²) in [6.45, 7) is 4.36. The molecule has 0 spiro atoms. The predicted molar refractivity (Wildman–Crippen MR) is 129 cm³/mol. The lowest BCUT2D eigenvalue weighted by Crippen LogP contribution is -2.36. The zero-order chi connectivity index (χ0) is 26.0. The van der Waals surface area contributed by atoms with E-state index in [2.05, 4.69) is 15.2 Å². The predicted octanol–water partition coefficient (Wildman–Crippen LogP) is 3.94. The Kier molecular flexibility index (Phi) is 7.01. The van der Waals surface area contributed by atoms with Crippen molar-refractivity contribution in [2.45, 2.75) is 32.2 Å². The number of amides is 1. The van der Waals surface area contributed by atoms with Crippen LogP contribution >= 0.6 is 11.8 Å². The molecule has 3 aromatic rings. The monoisotopic (exact) mass is 511 g/mol. The van der Waals surface area contributed by atoms with E-state index < -0.39 is 28.7 Å². The number of ether oxygens (including phenoxy) is 3. The number of esters is 1. The minimum absolute atomic E-state index is 0.0115. The maximum Gasteiger partial charge on any atom is 0.315 e. The molecule has 2 heterocycles. The number of nitrogens with zero attached hydrogens (tertiary/aromatic N) is 5. The first-order chi connectivity index (χ1) is 17.2. The van der Waals surface area contributed by atoms with Crippen molar-refractivity contribution in [1.29, 1.82) is 0 Å². The first-order valence-electron chi connectivity index (χ1n) is 10.7. The molecule has 0 saturated carbocycles. The highest BCUT2D eigenvalue weighted by atomic mass is 32.2. The number of aromatic nitrogens is 3. The number of benzene rings is 2. The molecule has 0 fully saturated rings. The van der Waals surface area contributed by atoms with Crippen LogP contribution in [-0.4, -0.2) is 44.8 Å². The molecule has 1 aromatic heterocycles. The Labute approximate surface area is 209 Å². The van der Waals surface area contributed by atoms with E-state index in [0.717, 1.165) is 13.0 Å². The number of anilines is 1. The summed E-state index contributed by atoms with van der Waals surface area (Å²) in [5.74, 6) is -0.786. The van der Waals surface area contributed by atoms with Gasteiger partial charge in [-0.15, -0.1) is 10.2 Å². The van der Waals surface area contributed by atoms with Gasteiger partial charge in [-0.05, 0) is 17.9 Å². The third-order valence-corrected chi connectivity index (χ3v) is 5.86. The number of nitro groups is 1. The van der Waals surface area contributed by atoms with E-state index >= 15 is 0 Å². The zero-order valence-corrected chi connectivity index (χ0v) is 20.6. The number of carbonyl (C=O) groups is 2. The number of hydrogen-bond acceptors (Lipinski definition) is 11. The number of rotatable bonds is 6. The lowest BCUT2D eigenvalue weighted by atomic mass is 10.1. The molecule has 1 atom stereocenters. The Morgan fingerprint density at radius 3 is 2.61 bits per heavy atom. The summed E-state index contributed by atoms with van der Waals surface area (Å²) >= 11 is 1.34. The van der Waals surface area contributed by atoms with E-state index in [1.165, 1.54) is 36.8 Å². The summed E-state index contributed by atoms with van der Waals surface area (Å²) in [5, 5.41) is 20.7. The standard InChI is InChI=1S/C23H21N5O7S/c1-5-36-23-24-21-19(25-26-23)15-8-6-7-9-17(15)27(12(2)29)22(35-21)16-10-14(33-4)11-18(28(31)32)20(16)34-13(3)30/h6-11,22H,5H2,1-4H3. The van der Waals surface area contributed by atoms with Crippen molar-refractivity contribution < 1.29 is 28.7 Å². The number of thioether (sulfide) groups is 1. The molecular formula is C23H21N5O7S. The normalized spacial score (nSPS) is 14.1. The Hall–Kier alpha value is -4.26. The fourth-order valence-electron chi connectivity index (χ4n) is 3.75. The largest absolute Gasteiger partial charge is 0.496 e. The first-order valence-corrected chi connectivity index (χ1v) is 11.7. The Morgan fingerprint density at radius 1 is 1.22 bits per heavy atom. The molecule has 0 radical (unpaired) electrons. The second-order valence-corrected chi connectivity index (χ2v) is 8.70. The van der Waals surface area contributed by atoms with Crippen LogP contribution in [0.3, 0.4) is 0 Å². The molecule has 1 aliphatic heterocycles. The number of para-hydroxylation sites is 1. The number of nitro benzene ring substituents is 1. The van der Waals surface area contributed by atoms with E-state index in [1.807, 2.05) is 6.92 Å². The molecule has 0 aliphatic carbocycles. The molecule has 36 heavy (non-hydrogen) atoms. The smallest absolute Gasteiger partial charge is 0.315 e. The van der Waals surface area contributed by atoms with E-state index in [9.17, 15) is 19.7 Å². The Morgan fingerprint density at radius 2 is 1.97 bits per heavy atom. The highest BCUT2D eigenvalue weighted by Crippen LogP contribution is 2.47. The maximum atomic E-state index is 13.0. The van der Waals surface area contributed by atoms with Crippen molar-refractivity contribution in [2.24, 2.45) is 0 Å². The van der Waals surface area contributed by atoms with Crippen LogP contribution < -0.4 is 19.1 Å². The minimum atomic E-state index is -1.33. The van der Waals surface area contributed by atoms with Gasteiger partial charge in [-0.3, -0.25) is 24.6 Å². The zero-order valence-electron chi connectivity index (χ0n) is 19.8. The van der Waals surface area contributed by atoms with Crippen LogP contribution in [0.5, 0.6) is 17.4 Å². The second kappa shape index (κ2) is 10.2. The van der Waals surface area contributed by atoms with Crippen LogP contribution in [0.1, 0.15) is 32.6 Å². The quantitative estimate of drug-likeness (QED) is 0.156. The van der Waals surface area contributed by atoms with Crippen LogP contribution in [-0.2, 0) is 9.59 Å². The average Bonchev–Trinajstić information content (AvgIpc) is 2.98. The Balaban J connectivity index is 2.05. The maximum absolute atomic E-state index is 13.0. The van der Waals surface area contributed by atoms with Gasteiger partial charge in [-0.25, -0.2) is 0 Å². The summed E-state index contributed by atoms with van der Waals surface area (Å²) in [4.78, 5) is 41.9. The first kappa shape index (κ1) is 24.9. The van der Waals surface area contributed by atoms with Gasteiger partial charge in [0.2, 0.25) is 28.9 Å². The van der Waals surface area contributed by atoms with Gasteiger partial charge in [0, 0.05) is 19.4 Å². The van der Waals surface area contributed by atoms with Crippen molar-refractivity contribution in [3.8, 4) is 28.6 Å². The van der Waals surface area contributed by atoms with Gasteiger partial charge in [0.1, 0.15) is 5.75 Å². The van der Waals surface area contributed by atoms with Crippen molar-refractivity contribution in [3.63, 3.8) is 0 Å². The fourth-order valence-corrected chi connectivity index (χ4v) is 4.25.